The molecule has 0 saturated heterocycles. The zero-order chi connectivity index (χ0) is 13.5. The highest BCUT2D eigenvalue weighted by atomic mass is 16.5. The van der Waals surface area contributed by atoms with E-state index in [1.54, 1.807) is 0 Å². The molecule has 5 nitrogen and oxygen atoms in total. The highest BCUT2D eigenvalue weighted by molar-refractivity contribution is 4.93. The van der Waals surface area contributed by atoms with Crippen LogP contribution in [0.4, 0.5) is 0 Å². The summed E-state index contributed by atoms with van der Waals surface area (Å²) in [5, 5.41) is 3.95. The molecule has 0 aliphatic heterocycles. The van der Waals surface area contributed by atoms with Crippen LogP contribution in [-0.2, 0) is 11.2 Å². The highest BCUT2D eigenvalue weighted by Gasteiger charge is 2.21. The Morgan fingerprint density at radius 1 is 1.37 bits per heavy atom. The standard InChI is InChI=1S/C14H25N3O2/c1-2-3-4-5-9-13-16-14(17-19-13)12(15)10-18-11-7-6-8-11/h11-12H,2-10,15H2,1H3. The molecule has 108 valence electrons. The average molecular weight is 267 g/mol. The predicted octanol–water partition coefficient (Wildman–Crippen LogP) is 2.76. The van der Waals surface area contributed by atoms with E-state index in [1.165, 1.54) is 25.7 Å². The number of hydrogen-bond donors (Lipinski definition) is 1. The van der Waals surface area contributed by atoms with E-state index in [-0.39, 0.29) is 6.04 Å². The summed E-state index contributed by atoms with van der Waals surface area (Å²) in [6, 6.07) is -0.270. The molecule has 1 heterocycles. The van der Waals surface area contributed by atoms with E-state index >= 15 is 0 Å². The molecule has 5 heteroatoms. The van der Waals surface area contributed by atoms with Crippen molar-refractivity contribution in [2.24, 2.45) is 5.73 Å². The van der Waals surface area contributed by atoms with Gasteiger partial charge in [-0.15, -0.1) is 0 Å². The minimum atomic E-state index is -0.270. The van der Waals surface area contributed by atoms with Crippen LogP contribution in [0.1, 0.15) is 69.6 Å². The zero-order valence-electron chi connectivity index (χ0n) is 11.8. The fraction of sp³-hybridized carbons (Fsp3) is 0.857. The van der Waals surface area contributed by atoms with E-state index in [1.807, 2.05) is 0 Å². The first-order valence-corrected chi connectivity index (χ1v) is 7.49. The maximum atomic E-state index is 6.00. The van der Waals surface area contributed by atoms with Gasteiger partial charge in [0.2, 0.25) is 5.89 Å². The quantitative estimate of drug-likeness (QED) is 0.696. The Morgan fingerprint density at radius 3 is 2.89 bits per heavy atom. The molecule has 1 unspecified atom stereocenters. The summed E-state index contributed by atoms with van der Waals surface area (Å²) in [5.41, 5.74) is 6.00. The monoisotopic (exact) mass is 267 g/mol. The van der Waals surface area contributed by atoms with Crippen molar-refractivity contribution in [3.8, 4) is 0 Å². The molecule has 19 heavy (non-hydrogen) atoms. The lowest BCUT2D eigenvalue weighted by Gasteiger charge is -2.26. The molecule has 1 fully saturated rings. The van der Waals surface area contributed by atoms with Gasteiger partial charge in [-0.25, -0.2) is 0 Å². The predicted molar refractivity (Wildman–Crippen MR) is 72.7 cm³/mol. The topological polar surface area (TPSA) is 74.2 Å². The Balaban J connectivity index is 1.69. The molecule has 0 amide bonds. The number of hydrogen-bond acceptors (Lipinski definition) is 5. The first kappa shape index (κ1) is 14.5. The van der Waals surface area contributed by atoms with Crippen molar-refractivity contribution in [3.63, 3.8) is 0 Å². The fourth-order valence-electron chi connectivity index (χ4n) is 2.07. The summed E-state index contributed by atoms with van der Waals surface area (Å²) in [6.45, 7) is 2.69. The van der Waals surface area contributed by atoms with Gasteiger partial charge in [-0.05, 0) is 25.7 Å². The summed E-state index contributed by atoms with van der Waals surface area (Å²) in [7, 11) is 0. The van der Waals surface area contributed by atoms with E-state index in [2.05, 4.69) is 17.1 Å². The molecule has 1 saturated carbocycles. The van der Waals surface area contributed by atoms with Gasteiger partial charge in [0.15, 0.2) is 5.82 Å². The van der Waals surface area contributed by atoms with Gasteiger partial charge in [-0.3, -0.25) is 0 Å². The Morgan fingerprint density at radius 2 is 2.21 bits per heavy atom. The van der Waals surface area contributed by atoms with Crippen LogP contribution in [0.5, 0.6) is 0 Å². The Kier molecular flexibility index (Phi) is 5.79. The van der Waals surface area contributed by atoms with Gasteiger partial charge in [-0.2, -0.15) is 4.98 Å². The van der Waals surface area contributed by atoms with Crippen molar-refractivity contribution in [1.82, 2.24) is 10.1 Å². The molecule has 2 rings (SSSR count). The minimum Gasteiger partial charge on any atom is -0.376 e. The molecule has 0 radical (unpaired) electrons. The van der Waals surface area contributed by atoms with Crippen molar-refractivity contribution >= 4 is 0 Å². The Hall–Kier alpha value is -0.940. The lowest BCUT2D eigenvalue weighted by atomic mass is 9.96. The summed E-state index contributed by atoms with van der Waals surface area (Å²) in [4.78, 5) is 4.35. The van der Waals surface area contributed by atoms with E-state index in [9.17, 15) is 0 Å². The lowest BCUT2D eigenvalue weighted by Crippen LogP contribution is -2.27. The number of nitrogens with two attached hydrogens (primary N) is 1. The molecule has 1 atom stereocenters. The SMILES string of the molecule is CCCCCCc1nc(C(N)COC2CCC2)no1. The Bertz CT molecular complexity index is 363. The van der Waals surface area contributed by atoms with Crippen LogP contribution >= 0.6 is 0 Å². The normalized spacial score (nSPS) is 17.4. The van der Waals surface area contributed by atoms with Crippen LogP contribution in [0.3, 0.4) is 0 Å². The van der Waals surface area contributed by atoms with Gasteiger partial charge in [-0.1, -0.05) is 31.3 Å². The van der Waals surface area contributed by atoms with Crippen LogP contribution in [0, 0.1) is 0 Å². The van der Waals surface area contributed by atoms with Gasteiger partial charge >= 0.3 is 0 Å². The first-order valence-electron chi connectivity index (χ1n) is 7.49. The summed E-state index contributed by atoms with van der Waals surface area (Å²) in [6.07, 6.45) is 9.63. The van der Waals surface area contributed by atoms with Crippen molar-refractivity contribution in [2.75, 3.05) is 6.61 Å². The summed E-state index contributed by atoms with van der Waals surface area (Å²) >= 11 is 0. The second kappa shape index (κ2) is 7.60. The molecule has 1 aromatic rings. The van der Waals surface area contributed by atoms with E-state index < -0.39 is 0 Å². The first-order chi connectivity index (χ1) is 9.29. The second-order valence-corrected chi connectivity index (χ2v) is 5.35. The van der Waals surface area contributed by atoms with Gasteiger partial charge < -0.3 is 15.0 Å². The fourth-order valence-corrected chi connectivity index (χ4v) is 2.07. The van der Waals surface area contributed by atoms with Crippen LogP contribution in [0.15, 0.2) is 4.52 Å². The largest absolute Gasteiger partial charge is 0.376 e. The van der Waals surface area contributed by atoms with Gasteiger partial charge in [0.05, 0.1) is 18.8 Å². The number of nitrogens with zero attached hydrogens (tertiary/aromatic N) is 2. The molecule has 1 aliphatic carbocycles. The third kappa shape index (κ3) is 4.58. The van der Waals surface area contributed by atoms with Crippen molar-refractivity contribution in [1.29, 1.82) is 0 Å². The zero-order valence-corrected chi connectivity index (χ0v) is 11.8. The maximum absolute atomic E-state index is 6.00. The molecule has 1 aromatic heterocycles. The number of ether oxygens (including phenoxy) is 1. The molecule has 0 spiro atoms. The average Bonchev–Trinajstić information content (AvgIpc) is 2.81. The molecular weight excluding hydrogens is 242 g/mol. The van der Waals surface area contributed by atoms with Crippen molar-refractivity contribution in [2.45, 2.75) is 70.4 Å². The molecule has 1 aliphatic rings. The van der Waals surface area contributed by atoms with Gasteiger partial charge in [0.1, 0.15) is 0 Å². The van der Waals surface area contributed by atoms with Crippen molar-refractivity contribution < 1.29 is 9.26 Å². The Labute approximate surface area is 114 Å². The number of aromatic nitrogens is 2. The second-order valence-electron chi connectivity index (χ2n) is 5.35. The number of rotatable bonds is 9. The number of unbranched alkanes of at least 4 members (excludes halogenated alkanes) is 3. The smallest absolute Gasteiger partial charge is 0.226 e. The van der Waals surface area contributed by atoms with Gasteiger partial charge in [0, 0.05) is 6.42 Å². The number of aryl methyl sites for hydroxylation is 1. The van der Waals surface area contributed by atoms with Gasteiger partial charge in [0.25, 0.3) is 0 Å². The van der Waals surface area contributed by atoms with Crippen LogP contribution in [0.2, 0.25) is 0 Å². The van der Waals surface area contributed by atoms with E-state index in [0.717, 1.165) is 25.7 Å². The maximum Gasteiger partial charge on any atom is 0.226 e. The minimum absolute atomic E-state index is 0.270. The molecular formula is C14H25N3O2. The van der Waals surface area contributed by atoms with Crippen LogP contribution < -0.4 is 5.73 Å². The third-order valence-corrected chi connectivity index (χ3v) is 3.62. The highest BCUT2D eigenvalue weighted by Crippen LogP contribution is 2.23. The van der Waals surface area contributed by atoms with E-state index in [4.69, 9.17) is 15.0 Å². The van der Waals surface area contributed by atoms with Crippen molar-refractivity contribution in [3.05, 3.63) is 11.7 Å². The van der Waals surface area contributed by atoms with Crippen LogP contribution in [-0.4, -0.2) is 22.9 Å². The van der Waals surface area contributed by atoms with Crippen LogP contribution in [0.25, 0.3) is 0 Å². The lowest BCUT2D eigenvalue weighted by molar-refractivity contribution is -0.00549. The third-order valence-electron chi connectivity index (χ3n) is 3.62. The van der Waals surface area contributed by atoms with E-state index in [0.29, 0.717) is 24.4 Å². The molecule has 0 aromatic carbocycles. The molecule has 2 N–H and O–H groups in total. The summed E-state index contributed by atoms with van der Waals surface area (Å²) < 4.78 is 10.9. The summed E-state index contributed by atoms with van der Waals surface area (Å²) in [5.74, 6) is 1.27. The molecule has 0 bridgehead atoms.